The molecule has 0 fully saturated rings. The quantitative estimate of drug-likeness (QED) is 0.921. The van der Waals surface area contributed by atoms with Gasteiger partial charge in [0.2, 0.25) is 6.79 Å². The minimum Gasteiger partial charge on any atom is -0.454 e. The Bertz CT molecular complexity index is 616. The van der Waals surface area contributed by atoms with E-state index < -0.39 is 11.6 Å². The van der Waals surface area contributed by atoms with E-state index in [1.807, 2.05) is 18.2 Å². The molecule has 1 aliphatic heterocycles. The lowest BCUT2D eigenvalue weighted by molar-refractivity contribution is 0.173. The largest absolute Gasteiger partial charge is 0.454 e. The number of para-hydroxylation sites is 1. The lowest BCUT2D eigenvalue weighted by Crippen LogP contribution is -2.03. The third kappa shape index (κ3) is 2.31. The fourth-order valence-corrected chi connectivity index (χ4v) is 1.95. The molecule has 0 amide bonds. The highest BCUT2D eigenvalue weighted by atomic mass is 19.1. The average molecular weight is 263 g/mol. The van der Waals surface area contributed by atoms with Crippen molar-refractivity contribution in [3.63, 3.8) is 0 Å². The maximum Gasteiger partial charge on any atom is 0.231 e. The van der Waals surface area contributed by atoms with Crippen molar-refractivity contribution in [3.8, 4) is 11.5 Å². The van der Waals surface area contributed by atoms with Crippen molar-refractivity contribution in [3.05, 3.63) is 53.6 Å². The molecule has 0 radical (unpaired) electrons. The van der Waals surface area contributed by atoms with Gasteiger partial charge in [0.05, 0.1) is 5.69 Å². The molecule has 0 saturated carbocycles. The molecule has 98 valence electrons. The van der Waals surface area contributed by atoms with E-state index in [4.69, 9.17) is 9.47 Å². The molecule has 19 heavy (non-hydrogen) atoms. The second-order valence-electron chi connectivity index (χ2n) is 4.13. The topological polar surface area (TPSA) is 30.5 Å². The first-order valence-electron chi connectivity index (χ1n) is 5.80. The lowest BCUT2D eigenvalue weighted by atomic mass is 10.2. The fraction of sp³-hybridized carbons (Fsp3) is 0.143. The molecule has 2 aromatic carbocycles. The van der Waals surface area contributed by atoms with E-state index in [0.29, 0.717) is 18.0 Å². The van der Waals surface area contributed by atoms with E-state index in [-0.39, 0.29) is 12.5 Å². The number of benzene rings is 2. The summed E-state index contributed by atoms with van der Waals surface area (Å²) in [6.45, 7) is 0.562. The fourth-order valence-electron chi connectivity index (χ4n) is 1.95. The lowest BCUT2D eigenvalue weighted by Gasteiger charge is -2.09. The summed E-state index contributed by atoms with van der Waals surface area (Å²) < 4.78 is 36.9. The molecule has 1 aliphatic rings. The molecule has 1 N–H and O–H groups in total. The van der Waals surface area contributed by atoms with Gasteiger partial charge in [-0.25, -0.2) is 8.78 Å². The van der Waals surface area contributed by atoms with Gasteiger partial charge in [-0.3, -0.25) is 0 Å². The summed E-state index contributed by atoms with van der Waals surface area (Å²) in [4.78, 5) is 0. The molecule has 5 heteroatoms. The molecule has 3 nitrogen and oxygen atoms in total. The number of halogens is 2. The smallest absolute Gasteiger partial charge is 0.231 e. The van der Waals surface area contributed by atoms with Crippen LogP contribution in [0.15, 0.2) is 36.4 Å². The van der Waals surface area contributed by atoms with Crippen molar-refractivity contribution in [2.24, 2.45) is 0 Å². The van der Waals surface area contributed by atoms with Crippen molar-refractivity contribution in [1.82, 2.24) is 0 Å². The molecule has 0 aromatic heterocycles. The molecule has 2 aromatic rings. The summed E-state index contributed by atoms with van der Waals surface area (Å²) in [7, 11) is 0. The second-order valence-corrected chi connectivity index (χ2v) is 4.13. The molecule has 0 unspecified atom stereocenters. The van der Waals surface area contributed by atoms with Crippen LogP contribution < -0.4 is 14.8 Å². The van der Waals surface area contributed by atoms with Crippen molar-refractivity contribution in [2.45, 2.75) is 6.54 Å². The van der Waals surface area contributed by atoms with Crippen LogP contribution in [0.2, 0.25) is 0 Å². The number of hydrogen-bond acceptors (Lipinski definition) is 3. The standard InChI is InChI=1S/C14H11F2NO2/c15-10-4-5-12(11(16)6-10)17-7-9-2-1-3-13-14(9)19-8-18-13/h1-6,17H,7-8H2. The summed E-state index contributed by atoms with van der Waals surface area (Å²) in [5.41, 5.74) is 1.11. The van der Waals surface area contributed by atoms with Crippen LogP contribution in [0.5, 0.6) is 11.5 Å². The summed E-state index contributed by atoms with van der Waals surface area (Å²) >= 11 is 0. The van der Waals surface area contributed by atoms with Gasteiger partial charge in [0, 0.05) is 18.2 Å². The van der Waals surface area contributed by atoms with Gasteiger partial charge in [0.1, 0.15) is 11.6 Å². The molecule has 0 spiro atoms. The van der Waals surface area contributed by atoms with Crippen molar-refractivity contribution in [2.75, 3.05) is 12.1 Å². The van der Waals surface area contributed by atoms with Crippen LogP contribution in [0.1, 0.15) is 5.56 Å². The van der Waals surface area contributed by atoms with Gasteiger partial charge in [-0.05, 0) is 18.2 Å². The maximum atomic E-state index is 13.5. The number of ether oxygens (including phenoxy) is 2. The third-order valence-electron chi connectivity index (χ3n) is 2.88. The van der Waals surface area contributed by atoms with E-state index in [1.54, 1.807) is 0 Å². The van der Waals surface area contributed by atoms with Crippen molar-refractivity contribution < 1.29 is 18.3 Å². The molecule has 1 heterocycles. The highest BCUT2D eigenvalue weighted by Crippen LogP contribution is 2.35. The van der Waals surface area contributed by atoms with Crippen molar-refractivity contribution >= 4 is 5.69 Å². The van der Waals surface area contributed by atoms with Gasteiger partial charge in [-0.15, -0.1) is 0 Å². The first kappa shape index (κ1) is 11.8. The zero-order valence-corrected chi connectivity index (χ0v) is 9.95. The second kappa shape index (κ2) is 4.76. The average Bonchev–Trinajstić information content (AvgIpc) is 2.86. The minimum atomic E-state index is -0.621. The van der Waals surface area contributed by atoms with Crippen LogP contribution in [0, 0.1) is 11.6 Å². The molecule has 0 atom stereocenters. The predicted octanol–water partition coefficient (Wildman–Crippen LogP) is 3.31. The Labute approximate surface area is 108 Å². The van der Waals surface area contributed by atoms with E-state index in [9.17, 15) is 8.78 Å². The SMILES string of the molecule is Fc1ccc(NCc2cccc3c2OCO3)c(F)c1. The Morgan fingerprint density at radius 1 is 1.11 bits per heavy atom. The summed E-state index contributed by atoms with van der Waals surface area (Å²) in [6, 6.07) is 8.93. The van der Waals surface area contributed by atoms with Crippen LogP contribution in [0.3, 0.4) is 0 Å². The molecule has 0 saturated heterocycles. The monoisotopic (exact) mass is 263 g/mol. The Morgan fingerprint density at radius 2 is 2.00 bits per heavy atom. The molecule has 0 aliphatic carbocycles. The number of nitrogens with one attached hydrogen (secondary N) is 1. The first-order chi connectivity index (χ1) is 9.24. The van der Waals surface area contributed by atoms with E-state index in [0.717, 1.165) is 11.6 Å². The Balaban J connectivity index is 1.78. The van der Waals surface area contributed by atoms with Gasteiger partial charge in [0.15, 0.2) is 11.5 Å². The Hall–Kier alpha value is -2.30. The maximum absolute atomic E-state index is 13.5. The summed E-state index contributed by atoms with van der Waals surface area (Å²) in [5.74, 6) is 0.126. The molecular weight excluding hydrogens is 252 g/mol. The highest BCUT2D eigenvalue weighted by molar-refractivity contribution is 5.51. The predicted molar refractivity (Wildman–Crippen MR) is 66.2 cm³/mol. The van der Waals surface area contributed by atoms with E-state index in [2.05, 4.69) is 5.32 Å². The number of hydrogen-bond donors (Lipinski definition) is 1. The number of rotatable bonds is 3. The molecule has 3 rings (SSSR count). The van der Waals surface area contributed by atoms with Gasteiger partial charge in [0.25, 0.3) is 0 Å². The molecule has 0 bridgehead atoms. The highest BCUT2D eigenvalue weighted by Gasteiger charge is 2.17. The third-order valence-corrected chi connectivity index (χ3v) is 2.88. The number of anilines is 1. The van der Waals surface area contributed by atoms with Gasteiger partial charge >= 0.3 is 0 Å². The van der Waals surface area contributed by atoms with Gasteiger partial charge < -0.3 is 14.8 Å². The van der Waals surface area contributed by atoms with Crippen molar-refractivity contribution in [1.29, 1.82) is 0 Å². The summed E-state index contributed by atoms with van der Waals surface area (Å²) in [6.07, 6.45) is 0. The minimum absolute atomic E-state index is 0.192. The van der Waals surface area contributed by atoms with Gasteiger partial charge in [-0.2, -0.15) is 0 Å². The van der Waals surface area contributed by atoms with E-state index >= 15 is 0 Å². The van der Waals surface area contributed by atoms with Gasteiger partial charge in [-0.1, -0.05) is 12.1 Å². The normalized spacial score (nSPS) is 12.5. The zero-order valence-electron chi connectivity index (χ0n) is 9.95. The first-order valence-corrected chi connectivity index (χ1v) is 5.80. The Morgan fingerprint density at radius 3 is 2.84 bits per heavy atom. The molecular formula is C14H11F2NO2. The number of fused-ring (bicyclic) bond motifs is 1. The van der Waals surface area contributed by atoms with E-state index in [1.165, 1.54) is 12.1 Å². The Kier molecular flexibility index (Phi) is 2.95. The zero-order chi connectivity index (χ0) is 13.2. The van der Waals surface area contributed by atoms with Crippen LogP contribution in [0.25, 0.3) is 0 Å². The van der Waals surface area contributed by atoms with Crippen LogP contribution >= 0.6 is 0 Å². The van der Waals surface area contributed by atoms with Crippen LogP contribution in [0.4, 0.5) is 14.5 Å². The summed E-state index contributed by atoms with van der Waals surface area (Å²) in [5, 5.41) is 2.91. The van der Waals surface area contributed by atoms with Crippen LogP contribution in [-0.4, -0.2) is 6.79 Å². The van der Waals surface area contributed by atoms with Crippen LogP contribution in [-0.2, 0) is 6.54 Å².